The van der Waals surface area contributed by atoms with Crippen molar-refractivity contribution in [1.82, 2.24) is 4.90 Å². The molecule has 1 atom stereocenters. The molecule has 156 valence electrons. The fraction of sp³-hybridized carbons (Fsp3) is 0.542. The highest BCUT2D eigenvalue weighted by Gasteiger charge is 2.41. The molecular formula is C24H31NO3S. The number of thiophene rings is 1. The Morgan fingerprint density at radius 3 is 2.72 bits per heavy atom. The molecule has 3 heterocycles. The van der Waals surface area contributed by atoms with Gasteiger partial charge in [-0.15, -0.1) is 11.3 Å². The van der Waals surface area contributed by atoms with Crippen LogP contribution in [0.1, 0.15) is 52.2 Å². The van der Waals surface area contributed by atoms with Gasteiger partial charge in [0.15, 0.2) is 0 Å². The first-order valence-electron chi connectivity index (χ1n) is 10.7. The lowest BCUT2D eigenvalue weighted by Gasteiger charge is -2.46. The van der Waals surface area contributed by atoms with E-state index < -0.39 is 0 Å². The fourth-order valence-corrected chi connectivity index (χ4v) is 5.40. The first-order valence-corrected chi connectivity index (χ1v) is 11.6. The van der Waals surface area contributed by atoms with Crippen LogP contribution in [0.25, 0.3) is 0 Å². The zero-order valence-corrected chi connectivity index (χ0v) is 18.1. The number of amides is 1. The monoisotopic (exact) mass is 413 g/mol. The summed E-state index contributed by atoms with van der Waals surface area (Å²) >= 11 is 1.59. The summed E-state index contributed by atoms with van der Waals surface area (Å²) in [5, 5.41) is 0. The minimum absolute atomic E-state index is 0.0372. The second kappa shape index (κ2) is 9.41. The summed E-state index contributed by atoms with van der Waals surface area (Å²) in [6.45, 7) is 5.97. The Labute approximate surface area is 177 Å². The normalized spacial score (nSPS) is 21.4. The number of nitrogens with zero attached hydrogens (tertiary/aromatic N) is 1. The van der Waals surface area contributed by atoms with E-state index >= 15 is 0 Å². The first-order chi connectivity index (χ1) is 14.1. The third kappa shape index (κ3) is 5.27. The van der Waals surface area contributed by atoms with Crippen LogP contribution in [-0.4, -0.2) is 42.7 Å². The van der Waals surface area contributed by atoms with Gasteiger partial charge in [-0.25, -0.2) is 0 Å². The largest absolute Gasteiger partial charge is 0.377 e. The molecule has 1 unspecified atom stereocenters. The van der Waals surface area contributed by atoms with Gasteiger partial charge in [0.25, 0.3) is 5.91 Å². The molecule has 5 heteroatoms. The van der Waals surface area contributed by atoms with Crippen molar-refractivity contribution in [2.45, 2.75) is 51.2 Å². The van der Waals surface area contributed by atoms with E-state index in [0.29, 0.717) is 12.5 Å². The molecule has 0 bridgehead atoms. The highest BCUT2D eigenvalue weighted by Crippen LogP contribution is 2.39. The quantitative estimate of drug-likeness (QED) is 0.621. The molecular weight excluding hydrogens is 382 g/mol. The maximum Gasteiger partial charge on any atom is 0.263 e. The molecule has 1 aromatic carbocycles. The standard InChI is InChI=1S/C24H31NO3S/c1-19-7-8-22(29-19)23(26)25-13-11-24(12-14-25)17-20(10-16-28-24)9-15-27-18-21-5-3-2-4-6-21/h2-8,20H,9-18H2,1H3. The van der Waals surface area contributed by atoms with Gasteiger partial charge in [0.05, 0.1) is 17.1 Å². The van der Waals surface area contributed by atoms with E-state index in [4.69, 9.17) is 9.47 Å². The predicted molar refractivity (Wildman–Crippen MR) is 116 cm³/mol. The highest BCUT2D eigenvalue weighted by atomic mass is 32.1. The molecule has 1 aromatic heterocycles. The van der Waals surface area contributed by atoms with Crippen LogP contribution in [-0.2, 0) is 16.1 Å². The number of hydrogen-bond acceptors (Lipinski definition) is 4. The maximum atomic E-state index is 12.7. The van der Waals surface area contributed by atoms with Gasteiger partial charge >= 0.3 is 0 Å². The zero-order chi connectivity index (χ0) is 20.1. The summed E-state index contributed by atoms with van der Waals surface area (Å²) < 4.78 is 12.2. The Morgan fingerprint density at radius 1 is 1.21 bits per heavy atom. The summed E-state index contributed by atoms with van der Waals surface area (Å²) in [4.78, 5) is 16.8. The Kier molecular flexibility index (Phi) is 6.68. The molecule has 0 radical (unpaired) electrons. The number of benzene rings is 1. The van der Waals surface area contributed by atoms with Gasteiger partial charge in [-0.3, -0.25) is 4.79 Å². The molecule has 29 heavy (non-hydrogen) atoms. The van der Waals surface area contributed by atoms with Crippen molar-refractivity contribution in [3.63, 3.8) is 0 Å². The average Bonchev–Trinajstić information content (AvgIpc) is 3.19. The van der Waals surface area contributed by atoms with Gasteiger partial charge in [0.2, 0.25) is 0 Å². The van der Waals surface area contributed by atoms with Gasteiger partial charge < -0.3 is 14.4 Å². The number of carbonyl (C=O) groups excluding carboxylic acids is 1. The summed E-state index contributed by atoms with van der Waals surface area (Å²) in [5.74, 6) is 0.835. The van der Waals surface area contributed by atoms with E-state index in [9.17, 15) is 4.79 Å². The van der Waals surface area contributed by atoms with E-state index in [0.717, 1.165) is 63.3 Å². The van der Waals surface area contributed by atoms with Crippen molar-refractivity contribution in [2.24, 2.45) is 5.92 Å². The van der Waals surface area contributed by atoms with Crippen LogP contribution in [0.3, 0.4) is 0 Å². The lowest BCUT2D eigenvalue weighted by molar-refractivity contribution is -0.126. The van der Waals surface area contributed by atoms with Gasteiger partial charge in [0, 0.05) is 31.2 Å². The molecule has 4 rings (SSSR count). The summed E-state index contributed by atoms with van der Waals surface area (Å²) in [5.41, 5.74) is 1.19. The lowest BCUT2D eigenvalue weighted by Crippen LogP contribution is -2.50. The minimum Gasteiger partial charge on any atom is -0.377 e. The predicted octanol–water partition coefficient (Wildman–Crippen LogP) is 5.06. The molecule has 2 aromatic rings. The smallest absolute Gasteiger partial charge is 0.263 e. The van der Waals surface area contributed by atoms with Gasteiger partial charge in [-0.1, -0.05) is 30.3 Å². The molecule has 2 saturated heterocycles. The van der Waals surface area contributed by atoms with Crippen LogP contribution in [0.5, 0.6) is 0 Å². The van der Waals surface area contributed by atoms with Crippen LogP contribution >= 0.6 is 11.3 Å². The van der Waals surface area contributed by atoms with Crippen molar-refractivity contribution in [2.75, 3.05) is 26.3 Å². The first kappa shape index (κ1) is 20.6. The Morgan fingerprint density at radius 2 is 2.00 bits per heavy atom. The molecule has 1 amide bonds. The lowest BCUT2D eigenvalue weighted by atomic mass is 9.78. The van der Waals surface area contributed by atoms with E-state index in [1.165, 1.54) is 10.4 Å². The van der Waals surface area contributed by atoms with Crippen LogP contribution in [0.2, 0.25) is 0 Å². The van der Waals surface area contributed by atoms with Crippen LogP contribution in [0, 0.1) is 12.8 Å². The Bertz CT molecular complexity index is 795. The topological polar surface area (TPSA) is 38.8 Å². The fourth-order valence-electron chi connectivity index (χ4n) is 4.56. The van der Waals surface area contributed by atoms with E-state index in [1.54, 1.807) is 11.3 Å². The molecule has 0 saturated carbocycles. The van der Waals surface area contributed by atoms with Crippen molar-refractivity contribution < 1.29 is 14.3 Å². The number of rotatable bonds is 6. The van der Waals surface area contributed by atoms with E-state index in [1.807, 2.05) is 30.0 Å². The van der Waals surface area contributed by atoms with E-state index in [-0.39, 0.29) is 11.5 Å². The number of aryl methyl sites for hydroxylation is 1. The van der Waals surface area contributed by atoms with Crippen molar-refractivity contribution >= 4 is 17.2 Å². The van der Waals surface area contributed by atoms with Crippen molar-refractivity contribution in [1.29, 1.82) is 0 Å². The molecule has 1 spiro atoms. The number of hydrogen-bond donors (Lipinski definition) is 0. The molecule has 0 aliphatic carbocycles. The van der Waals surface area contributed by atoms with Crippen molar-refractivity contribution in [3.05, 3.63) is 57.8 Å². The molecule has 2 aliphatic heterocycles. The zero-order valence-electron chi connectivity index (χ0n) is 17.3. The van der Waals surface area contributed by atoms with Crippen LogP contribution in [0.15, 0.2) is 42.5 Å². The summed E-state index contributed by atoms with van der Waals surface area (Å²) in [7, 11) is 0. The Balaban J connectivity index is 1.22. The van der Waals surface area contributed by atoms with Crippen LogP contribution < -0.4 is 0 Å². The van der Waals surface area contributed by atoms with Gasteiger partial charge in [-0.2, -0.15) is 0 Å². The molecule has 2 aliphatic rings. The maximum absolute atomic E-state index is 12.7. The minimum atomic E-state index is -0.0372. The highest BCUT2D eigenvalue weighted by molar-refractivity contribution is 7.13. The number of carbonyl (C=O) groups is 1. The number of piperidine rings is 1. The second-order valence-electron chi connectivity index (χ2n) is 8.42. The van der Waals surface area contributed by atoms with Gasteiger partial charge in [-0.05, 0) is 62.6 Å². The third-order valence-corrected chi connectivity index (χ3v) is 7.28. The second-order valence-corrected chi connectivity index (χ2v) is 9.71. The van der Waals surface area contributed by atoms with Gasteiger partial charge in [0.1, 0.15) is 0 Å². The SMILES string of the molecule is Cc1ccc(C(=O)N2CCC3(CC2)CC(CCOCc2ccccc2)CCO3)s1. The Hall–Kier alpha value is -1.69. The molecule has 4 nitrogen and oxygen atoms in total. The molecule has 2 fully saturated rings. The van der Waals surface area contributed by atoms with Crippen molar-refractivity contribution in [3.8, 4) is 0 Å². The number of likely N-dealkylation sites (tertiary alicyclic amines) is 1. The average molecular weight is 414 g/mol. The summed E-state index contributed by atoms with van der Waals surface area (Å²) in [6.07, 6.45) is 5.21. The van der Waals surface area contributed by atoms with Crippen LogP contribution in [0.4, 0.5) is 0 Å². The number of ether oxygens (including phenoxy) is 2. The van der Waals surface area contributed by atoms with E-state index in [2.05, 4.69) is 24.3 Å². The third-order valence-electron chi connectivity index (χ3n) is 6.29. The molecule has 0 N–H and O–H groups in total. The summed E-state index contributed by atoms with van der Waals surface area (Å²) in [6, 6.07) is 14.3.